The van der Waals surface area contributed by atoms with Crippen LogP contribution in [0.4, 0.5) is 4.39 Å². The summed E-state index contributed by atoms with van der Waals surface area (Å²) in [6.07, 6.45) is 0. The maximum atomic E-state index is 10.7. The van der Waals surface area contributed by atoms with Crippen LogP contribution in [0.2, 0.25) is 0 Å². The fraction of sp³-hybridized carbons (Fsp3) is 1.00. The molecule has 0 aromatic rings. The van der Waals surface area contributed by atoms with Crippen molar-refractivity contribution in [3.05, 3.63) is 0 Å². The highest BCUT2D eigenvalue weighted by Gasteiger charge is 1.73. The van der Waals surface area contributed by atoms with Crippen molar-refractivity contribution in [2.75, 3.05) is 13.3 Å². The zero-order valence-electron chi connectivity index (χ0n) is 2.65. The van der Waals surface area contributed by atoms with E-state index in [4.69, 9.17) is 5.90 Å². The molecule has 0 rings (SSSR count). The molecular formula is C2H4FNO. The molecule has 0 spiro atoms. The Morgan fingerprint density at radius 3 is 2.40 bits per heavy atom. The number of alkyl halides is 1. The van der Waals surface area contributed by atoms with E-state index in [2.05, 4.69) is 4.84 Å². The minimum absolute atomic E-state index is 0.222. The summed E-state index contributed by atoms with van der Waals surface area (Å²) in [5.41, 5.74) is 0. The maximum absolute atomic E-state index is 10.7. The first-order valence-corrected chi connectivity index (χ1v) is 1.24. The third-order valence-electron chi connectivity index (χ3n) is 0.168. The monoisotopic (exact) mass is 77.0 g/mol. The van der Waals surface area contributed by atoms with E-state index in [-0.39, 0.29) is 6.61 Å². The molecule has 0 atom stereocenters. The highest BCUT2D eigenvalue weighted by molar-refractivity contribution is 4.12. The number of hydrogen-bond donors (Lipinski definition) is 0. The first kappa shape index (κ1) is 4.85. The van der Waals surface area contributed by atoms with Gasteiger partial charge in [-0.3, -0.25) is 4.84 Å². The molecule has 0 aromatic carbocycles. The van der Waals surface area contributed by atoms with Crippen molar-refractivity contribution in [2.45, 2.75) is 0 Å². The first-order chi connectivity index (χ1) is 2.41. The van der Waals surface area contributed by atoms with E-state index < -0.39 is 6.67 Å². The minimum Gasteiger partial charge on any atom is -0.261 e. The van der Waals surface area contributed by atoms with Crippen molar-refractivity contribution in [3.63, 3.8) is 0 Å². The SMILES string of the molecule is [N]OCCF. The molecule has 30 valence electrons. The average Bonchev–Trinajstić information content (AvgIpc) is 1.41. The lowest BCUT2D eigenvalue weighted by Crippen LogP contribution is -1.89. The van der Waals surface area contributed by atoms with Crippen molar-refractivity contribution in [1.29, 1.82) is 0 Å². The van der Waals surface area contributed by atoms with Crippen LogP contribution in [0.1, 0.15) is 0 Å². The molecule has 0 aliphatic rings. The third-order valence-corrected chi connectivity index (χ3v) is 0.168. The molecule has 0 aliphatic carbocycles. The summed E-state index contributed by atoms with van der Waals surface area (Å²) in [5, 5.41) is 0. The van der Waals surface area contributed by atoms with Gasteiger partial charge in [-0.1, -0.05) is 0 Å². The number of hydrogen-bond acceptors (Lipinski definition) is 1. The van der Waals surface area contributed by atoms with E-state index in [1.54, 1.807) is 0 Å². The van der Waals surface area contributed by atoms with Crippen molar-refractivity contribution in [1.82, 2.24) is 5.90 Å². The number of nitrogens with zero attached hydrogens (tertiary/aromatic N) is 1. The van der Waals surface area contributed by atoms with Gasteiger partial charge in [-0.05, 0) is 0 Å². The van der Waals surface area contributed by atoms with Crippen LogP contribution in [0.25, 0.3) is 0 Å². The molecule has 2 nitrogen and oxygen atoms in total. The Hall–Kier alpha value is -0.150. The zero-order valence-corrected chi connectivity index (χ0v) is 2.65. The second kappa shape index (κ2) is 3.85. The Morgan fingerprint density at radius 1 is 1.80 bits per heavy atom. The highest BCUT2D eigenvalue weighted by atomic mass is 19.1. The molecule has 0 unspecified atom stereocenters. The highest BCUT2D eigenvalue weighted by Crippen LogP contribution is 1.63. The van der Waals surface area contributed by atoms with Gasteiger partial charge in [-0.25, -0.2) is 4.39 Å². The van der Waals surface area contributed by atoms with Crippen molar-refractivity contribution < 1.29 is 9.23 Å². The van der Waals surface area contributed by atoms with Crippen molar-refractivity contribution >= 4 is 0 Å². The Bertz CT molecular complexity index is 17.1. The van der Waals surface area contributed by atoms with Crippen molar-refractivity contribution in [3.8, 4) is 0 Å². The van der Waals surface area contributed by atoms with E-state index in [0.717, 1.165) is 0 Å². The fourth-order valence-electron chi connectivity index (χ4n) is 0.0345. The molecule has 0 bridgehead atoms. The minimum atomic E-state index is -0.628. The normalized spacial score (nSPS) is 8.40. The lowest BCUT2D eigenvalue weighted by Gasteiger charge is -1.77. The van der Waals surface area contributed by atoms with E-state index >= 15 is 0 Å². The molecular weight excluding hydrogens is 73.0 g/mol. The predicted molar refractivity (Wildman–Crippen MR) is 14.1 cm³/mol. The molecule has 0 amide bonds. The van der Waals surface area contributed by atoms with Crippen molar-refractivity contribution in [2.24, 2.45) is 0 Å². The standard InChI is InChI=1S/C2H4FNO/c3-1-2-5-4/h1-2H2. The van der Waals surface area contributed by atoms with Crippen LogP contribution < -0.4 is 5.90 Å². The van der Waals surface area contributed by atoms with Gasteiger partial charge in [0.05, 0.1) is 0 Å². The Balaban J connectivity index is 2.19. The molecule has 2 radical (unpaired) electrons. The Labute approximate surface area is 29.7 Å². The van der Waals surface area contributed by atoms with E-state index in [9.17, 15) is 4.39 Å². The van der Waals surface area contributed by atoms with Crippen LogP contribution in [0.3, 0.4) is 0 Å². The third kappa shape index (κ3) is 3.85. The largest absolute Gasteiger partial charge is 0.261 e. The second-order valence-electron chi connectivity index (χ2n) is 0.522. The van der Waals surface area contributed by atoms with Crippen LogP contribution in [0.15, 0.2) is 0 Å². The summed E-state index contributed by atoms with van der Waals surface area (Å²) < 4.78 is 10.7. The summed E-state index contributed by atoms with van der Waals surface area (Å²) in [6, 6.07) is 0. The summed E-state index contributed by atoms with van der Waals surface area (Å²) in [4.78, 5) is 3.32. The van der Waals surface area contributed by atoms with Gasteiger partial charge in [-0.2, -0.15) is 0 Å². The van der Waals surface area contributed by atoms with E-state index in [0.29, 0.717) is 0 Å². The van der Waals surface area contributed by atoms with E-state index in [1.807, 2.05) is 0 Å². The molecule has 5 heavy (non-hydrogen) atoms. The fourth-order valence-corrected chi connectivity index (χ4v) is 0.0345. The van der Waals surface area contributed by atoms with Crippen LogP contribution >= 0.6 is 0 Å². The van der Waals surface area contributed by atoms with Crippen LogP contribution in [0, 0.1) is 0 Å². The molecule has 0 aromatic heterocycles. The first-order valence-electron chi connectivity index (χ1n) is 1.24. The molecule has 3 heteroatoms. The molecule has 0 saturated heterocycles. The quantitative estimate of drug-likeness (QED) is 0.425. The van der Waals surface area contributed by atoms with Crippen LogP contribution in [0.5, 0.6) is 0 Å². The van der Waals surface area contributed by atoms with Gasteiger partial charge in [0, 0.05) is 5.90 Å². The lowest BCUT2D eigenvalue weighted by atomic mass is 10.8. The molecule has 0 saturated carbocycles. The number of rotatable bonds is 2. The van der Waals surface area contributed by atoms with Gasteiger partial charge in [0.15, 0.2) is 0 Å². The Kier molecular flexibility index (Phi) is 3.73. The van der Waals surface area contributed by atoms with Crippen LogP contribution in [-0.4, -0.2) is 13.3 Å². The molecule has 0 aliphatic heterocycles. The predicted octanol–water partition coefficient (Wildman–Crippen LogP) is -0.0438. The summed E-state index contributed by atoms with van der Waals surface area (Å²) in [5.74, 6) is 7.33. The summed E-state index contributed by atoms with van der Waals surface area (Å²) in [6.45, 7) is -0.851. The molecule has 0 heterocycles. The molecule has 0 fully saturated rings. The molecule has 0 N–H and O–H groups in total. The van der Waals surface area contributed by atoms with Gasteiger partial charge >= 0.3 is 0 Å². The van der Waals surface area contributed by atoms with Gasteiger partial charge in [0.25, 0.3) is 0 Å². The zero-order chi connectivity index (χ0) is 4.12. The van der Waals surface area contributed by atoms with Crippen LogP contribution in [-0.2, 0) is 4.84 Å². The second-order valence-corrected chi connectivity index (χ2v) is 0.522. The van der Waals surface area contributed by atoms with Gasteiger partial charge in [0.2, 0.25) is 0 Å². The maximum Gasteiger partial charge on any atom is 0.115 e. The topological polar surface area (TPSA) is 31.5 Å². The van der Waals surface area contributed by atoms with Gasteiger partial charge < -0.3 is 0 Å². The number of halogens is 1. The Morgan fingerprint density at radius 2 is 2.40 bits per heavy atom. The smallest absolute Gasteiger partial charge is 0.115 e. The average molecular weight is 77.1 g/mol. The van der Waals surface area contributed by atoms with Gasteiger partial charge in [0.1, 0.15) is 13.3 Å². The summed E-state index contributed by atoms with van der Waals surface area (Å²) in [7, 11) is 0. The van der Waals surface area contributed by atoms with E-state index in [1.165, 1.54) is 0 Å². The summed E-state index contributed by atoms with van der Waals surface area (Å²) >= 11 is 0. The lowest BCUT2D eigenvalue weighted by molar-refractivity contribution is 0.104. The van der Waals surface area contributed by atoms with Gasteiger partial charge in [-0.15, -0.1) is 0 Å².